The minimum atomic E-state index is 0.258. The molecule has 0 amide bonds. The van der Waals surface area contributed by atoms with E-state index in [2.05, 4.69) is 34.4 Å². The molecular weight excluding hydrogens is 235 g/mol. The van der Waals surface area contributed by atoms with Crippen LogP contribution in [0.15, 0.2) is 0 Å². The van der Waals surface area contributed by atoms with Crippen LogP contribution in [-0.2, 0) is 0 Å². The molecule has 1 heteroatoms. The largest absolute Gasteiger partial charge is 0.104 e. The maximum absolute atomic E-state index is 2.61. The lowest BCUT2D eigenvalue weighted by atomic mass is 10.1. The zero-order valence-corrected chi connectivity index (χ0v) is 14.6. The van der Waals surface area contributed by atoms with Crippen molar-refractivity contribution >= 4 is 7.92 Å². The average molecular weight is 272 g/mol. The Morgan fingerprint density at radius 1 is 0.611 bits per heavy atom. The van der Waals surface area contributed by atoms with Crippen LogP contribution in [-0.4, -0.2) is 18.0 Å². The van der Waals surface area contributed by atoms with Gasteiger partial charge in [-0.05, 0) is 43.7 Å². The summed E-state index contributed by atoms with van der Waals surface area (Å²) < 4.78 is 0. The molecule has 0 rings (SSSR count). The normalized spacial score (nSPS) is 16.5. The molecule has 0 aromatic carbocycles. The fraction of sp³-hybridized carbons (Fsp3) is 1.00. The second kappa shape index (κ2) is 12.5. The van der Waals surface area contributed by atoms with Crippen molar-refractivity contribution in [3.8, 4) is 0 Å². The predicted octanol–water partition coefficient (Wildman–Crippen LogP) is 6.82. The summed E-state index contributed by atoms with van der Waals surface area (Å²) in [5.41, 5.74) is 2.11. The summed E-state index contributed by atoms with van der Waals surface area (Å²) in [7, 11) is 0.258. The summed E-state index contributed by atoms with van der Waals surface area (Å²) >= 11 is 0. The van der Waals surface area contributed by atoms with Crippen LogP contribution in [0, 0.1) is 0 Å². The lowest BCUT2D eigenvalue weighted by Gasteiger charge is -2.32. The van der Waals surface area contributed by atoms with Crippen LogP contribution in [0.4, 0.5) is 0 Å². The lowest BCUT2D eigenvalue weighted by Crippen LogP contribution is -2.15. The van der Waals surface area contributed by atoms with Gasteiger partial charge in [-0.15, -0.1) is 7.92 Å². The van der Waals surface area contributed by atoms with Crippen molar-refractivity contribution < 1.29 is 0 Å². The van der Waals surface area contributed by atoms with E-state index >= 15 is 0 Å². The van der Waals surface area contributed by atoms with E-state index in [1.165, 1.54) is 64.2 Å². The van der Waals surface area contributed by atoms with Gasteiger partial charge in [0.1, 0.15) is 0 Å². The van der Waals surface area contributed by atoms with E-state index < -0.39 is 0 Å². The van der Waals surface area contributed by atoms with Gasteiger partial charge in [0, 0.05) is 0 Å². The summed E-state index contributed by atoms with van der Waals surface area (Å²) in [4.78, 5) is 0. The zero-order valence-electron chi connectivity index (χ0n) is 13.7. The second-order valence-electron chi connectivity index (χ2n) is 5.83. The van der Waals surface area contributed by atoms with Gasteiger partial charge in [0.05, 0.1) is 0 Å². The summed E-state index contributed by atoms with van der Waals surface area (Å²) in [5, 5.41) is 0. The summed E-state index contributed by atoms with van der Waals surface area (Å²) in [5.74, 6) is 0. The highest BCUT2D eigenvalue weighted by Gasteiger charge is 2.23. The van der Waals surface area contributed by atoms with Crippen molar-refractivity contribution in [3.63, 3.8) is 0 Å². The van der Waals surface area contributed by atoms with E-state index in [0.29, 0.717) is 0 Å². The Kier molecular flexibility index (Phi) is 12.8. The first-order chi connectivity index (χ1) is 8.71. The van der Waals surface area contributed by atoms with E-state index in [4.69, 9.17) is 0 Å². The third-order valence-electron chi connectivity index (χ3n) is 4.18. The van der Waals surface area contributed by atoms with Crippen LogP contribution in [0.5, 0.6) is 0 Å². The van der Waals surface area contributed by atoms with Crippen molar-refractivity contribution in [2.24, 2.45) is 0 Å². The van der Waals surface area contributed by atoms with Crippen LogP contribution in [0.25, 0.3) is 0 Å². The van der Waals surface area contributed by atoms with Crippen LogP contribution in [0.1, 0.15) is 91.9 Å². The minimum absolute atomic E-state index is 0.258. The van der Waals surface area contributed by atoms with Crippen molar-refractivity contribution in [1.29, 1.82) is 0 Å². The standard InChI is InChI=1S/C17H37P/c1-6-10-14-16(12-8-3)18(5)17(13-9-4)15-11-7-2/h16-17H,6-15H2,1-5H3. The molecule has 0 saturated heterocycles. The molecule has 0 radical (unpaired) electrons. The first kappa shape index (κ1) is 18.4. The van der Waals surface area contributed by atoms with Crippen LogP contribution in [0.3, 0.4) is 0 Å². The third-order valence-corrected chi connectivity index (χ3v) is 7.51. The SMILES string of the molecule is CCCCC(CCC)P(C)C(CCC)CCCC. The Morgan fingerprint density at radius 3 is 1.28 bits per heavy atom. The topological polar surface area (TPSA) is 0 Å². The summed E-state index contributed by atoms with van der Waals surface area (Å²) in [6.45, 7) is 12.0. The smallest absolute Gasteiger partial charge is 0.0209 e. The maximum atomic E-state index is 2.61. The van der Waals surface area contributed by atoms with Gasteiger partial charge in [-0.1, -0.05) is 66.2 Å². The predicted molar refractivity (Wildman–Crippen MR) is 89.3 cm³/mol. The molecule has 0 aromatic rings. The molecule has 2 atom stereocenters. The Bertz CT molecular complexity index is 149. The van der Waals surface area contributed by atoms with Crippen molar-refractivity contribution in [3.05, 3.63) is 0 Å². The van der Waals surface area contributed by atoms with Gasteiger partial charge >= 0.3 is 0 Å². The van der Waals surface area contributed by atoms with Gasteiger partial charge in [-0.2, -0.15) is 0 Å². The molecular formula is C17H37P. The van der Waals surface area contributed by atoms with Gasteiger partial charge in [-0.25, -0.2) is 0 Å². The first-order valence-electron chi connectivity index (χ1n) is 8.43. The molecule has 0 spiro atoms. The molecule has 0 aliphatic carbocycles. The molecule has 0 nitrogen and oxygen atoms in total. The van der Waals surface area contributed by atoms with Gasteiger partial charge in [0.25, 0.3) is 0 Å². The Balaban J connectivity index is 4.38. The van der Waals surface area contributed by atoms with E-state index in [9.17, 15) is 0 Å². The lowest BCUT2D eigenvalue weighted by molar-refractivity contribution is 0.599. The Labute approximate surface area is 118 Å². The molecule has 0 aliphatic heterocycles. The van der Waals surface area contributed by atoms with Crippen LogP contribution >= 0.6 is 7.92 Å². The molecule has 0 aliphatic rings. The van der Waals surface area contributed by atoms with E-state index in [1.807, 2.05) is 0 Å². The fourth-order valence-corrected chi connectivity index (χ4v) is 6.05. The van der Waals surface area contributed by atoms with E-state index in [0.717, 1.165) is 11.3 Å². The number of hydrogen-bond donors (Lipinski definition) is 0. The molecule has 0 saturated carbocycles. The molecule has 0 N–H and O–H groups in total. The van der Waals surface area contributed by atoms with Crippen LogP contribution < -0.4 is 0 Å². The maximum Gasteiger partial charge on any atom is -0.0209 e. The number of hydrogen-bond acceptors (Lipinski definition) is 0. The molecule has 18 heavy (non-hydrogen) atoms. The average Bonchev–Trinajstić information content (AvgIpc) is 2.38. The van der Waals surface area contributed by atoms with Gasteiger partial charge in [-0.3, -0.25) is 0 Å². The third kappa shape index (κ3) is 7.78. The fourth-order valence-electron chi connectivity index (χ4n) is 2.95. The van der Waals surface area contributed by atoms with E-state index in [-0.39, 0.29) is 7.92 Å². The summed E-state index contributed by atoms with van der Waals surface area (Å²) in [6, 6.07) is 0. The molecule has 110 valence electrons. The summed E-state index contributed by atoms with van der Waals surface area (Å²) in [6.07, 6.45) is 14.4. The highest BCUT2D eigenvalue weighted by atomic mass is 31.1. The van der Waals surface area contributed by atoms with Crippen molar-refractivity contribution in [1.82, 2.24) is 0 Å². The highest BCUT2D eigenvalue weighted by molar-refractivity contribution is 7.58. The first-order valence-corrected chi connectivity index (χ1v) is 10.4. The minimum Gasteiger partial charge on any atom is -0.104 e. The molecule has 0 heterocycles. The van der Waals surface area contributed by atoms with Gasteiger partial charge in [0.15, 0.2) is 0 Å². The Hall–Kier alpha value is 0.430. The molecule has 0 bridgehead atoms. The Morgan fingerprint density at radius 2 is 1.00 bits per heavy atom. The molecule has 2 unspecified atom stereocenters. The van der Waals surface area contributed by atoms with Gasteiger partial charge < -0.3 is 0 Å². The number of rotatable bonds is 12. The molecule has 0 fully saturated rings. The van der Waals surface area contributed by atoms with Crippen LogP contribution in [0.2, 0.25) is 0 Å². The van der Waals surface area contributed by atoms with E-state index in [1.54, 1.807) is 0 Å². The van der Waals surface area contributed by atoms with Crippen molar-refractivity contribution in [2.45, 2.75) is 103 Å². The monoisotopic (exact) mass is 272 g/mol. The second-order valence-corrected chi connectivity index (χ2v) is 8.63. The van der Waals surface area contributed by atoms with Gasteiger partial charge in [0.2, 0.25) is 0 Å². The number of unbranched alkanes of at least 4 members (excludes halogenated alkanes) is 2. The molecule has 0 aromatic heterocycles. The quantitative estimate of drug-likeness (QED) is 0.342. The zero-order chi connectivity index (χ0) is 13.8. The highest BCUT2D eigenvalue weighted by Crippen LogP contribution is 2.50. The van der Waals surface area contributed by atoms with Crippen molar-refractivity contribution in [2.75, 3.05) is 6.66 Å².